The Kier molecular flexibility index (Phi) is 9.06. The summed E-state index contributed by atoms with van der Waals surface area (Å²) in [5, 5.41) is 14.9. The fourth-order valence-electron chi connectivity index (χ4n) is 6.22. The first kappa shape index (κ1) is 33.0. The van der Waals surface area contributed by atoms with Crippen molar-refractivity contribution < 1.29 is 37.8 Å². The van der Waals surface area contributed by atoms with Crippen molar-refractivity contribution in [2.24, 2.45) is 0 Å². The van der Waals surface area contributed by atoms with Crippen LogP contribution >= 0.6 is 23.5 Å². The van der Waals surface area contributed by atoms with Gasteiger partial charge < -0.3 is 29.9 Å². The number of anilines is 1. The van der Waals surface area contributed by atoms with Gasteiger partial charge in [0.1, 0.15) is 40.8 Å². The van der Waals surface area contributed by atoms with Crippen LogP contribution in [0.3, 0.4) is 0 Å². The lowest BCUT2D eigenvalue weighted by atomic mass is 10.0. The molecule has 2 unspecified atom stereocenters. The number of ether oxygens (including phenoxy) is 1. The van der Waals surface area contributed by atoms with Crippen LogP contribution in [0.4, 0.5) is 14.5 Å². The normalized spacial score (nSPS) is 20.6. The lowest BCUT2D eigenvalue weighted by Gasteiger charge is -2.49. The molecular weight excluding hydrogens is 683 g/mol. The molecule has 17 heteroatoms. The molecule has 2 atom stereocenters. The number of amides is 2. The van der Waals surface area contributed by atoms with Gasteiger partial charge in [-0.3, -0.25) is 24.3 Å². The first-order valence-corrected chi connectivity index (χ1v) is 17.6. The maximum atomic E-state index is 16.0. The molecule has 1 saturated carbocycles. The van der Waals surface area contributed by atoms with Gasteiger partial charge in [0, 0.05) is 67.0 Å². The van der Waals surface area contributed by atoms with Gasteiger partial charge in [-0.15, -0.1) is 23.5 Å². The lowest BCUT2D eigenvalue weighted by Crippen LogP contribution is -2.70. The number of thioether (sulfide) groups is 2. The number of piperazine rings is 1. The summed E-state index contributed by atoms with van der Waals surface area (Å²) in [5.41, 5.74) is -1.90. The number of rotatable bonds is 10. The highest BCUT2D eigenvalue weighted by atomic mass is 32.2. The van der Waals surface area contributed by atoms with E-state index >= 15 is 8.78 Å². The van der Waals surface area contributed by atoms with E-state index in [1.54, 1.807) is 29.4 Å². The number of carboxylic acid groups (broad SMARTS) is 1. The Morgan fingerprint density at radius 1 is 1.14 bits per heavy atom. The number of carbonyl (C=O) groups excluding carboxylic acids is 3. The number of carboxylic acids is 1. The topological polar surface area (TPSA) is 163 Å². The van der Waals surface area contributed by atoms with Crippen molar-refractivity contribution >= 4 is 63.9 Å². The van der Waals surface area contributed by atoms with Crippen LogP contribution in [0.25, 0.3) is 10.9 Å². The minimum Gasteiger partial charge on any atom is -0.477 e. The van der Waals surface area contributed by atoms with Crippen molar-refractivity contribution in [3.63, 3.8) is 0 Å². The van der Waals surface area contributed by atoms with Gasteiger partial charge in [-0.2, -0.15) is 0 Å². The Hall–Kier alpha value is -4.48. The minimum absolute atomic E-state index is 0.0435. The van der Waals surface area contributed by atoms with E-state index in [2.05, 4.69) is 15.6 Å². The van der Waals surface area contributed by atoms with E-state index in [1.807, 2.05) is 0 Å². The third-order valence-electron chi connectivity index (χ3n) is 8.74. The number of esters is 1. The molecule has 1 aliphatic carbocycles. The number of aromatic nitrogens is 2. The Bertz CT molecular complexity index is 1970. The van der Waals surface area contributed by atoms with E-state index < -0.39 is 64.4 Å². The molecule has 3 N–H and O–H groups in total. The second-order valence-corrected chi connectivity index (χ2v) is 14.1. The van der Waals surface area contributed by atoms with Crippen LogP contribution < -0.4 is 21.0 Å². The molecule has 256 valence electrons. The molecule has 2 amide bonds. The zero-order chi connectivity index (χ0) is 34.4. The first-order chi connectivity index (χ1) is 23.6. The number of carbonyl (C=O) groups is 4. The van der Waals surface area contributed by atoms with E-state index in [9.17, 15) is 29.1 Å². The number of aliphatic carboxylic acids is 1. The maximum absolute atomic E-state index is 16.0. The van der Waals surface area contributed by atoms with E-state index in [1.165, 1.54) is 34.3 Å². The van der Waals surface area contributed by atoms with Gasteiger partial charge in [0.05, 0.1) is 16.7 Å². The van der Waals surface area contributed by atoms with Crippen LogP contribution in [0.1, 0.15) is 29.2 Å². The fraction of sp³-hybridized carbons (Fsp3) is 0.375. The van der Waals surface area contributed by atoms with Crippen LogP contribution in [0.5, 0.6) is 0 Å². The van der Waals surface area contributed by atoms with Gasteiger partial charge in [0.25, 0.3) is 5.91 Å². The molecule has 2 aromatic heterocycles. The fourth-order valence-corrected chi connectivity index (χ4v) is 8.24. The number of nitrogens with one attached hydrogen (secondary N) is 2. The summed E-state index contributed by atoms with van der Waals surface area (Å²) in [6.07, 6.45) is 5.77. The molecular formula is C32H30F2N6O7S2. The Morgan fingerprint density at radius 2 is 1.88 bits per heavy atom. The number of hydrogen-bond acceptors (Lipinski definition) is 11. The minimum atomic E-state index is -1.42. The highest BCUT2D eigenvalue weighted by Crippen LogP contribution is 2.41. The van der Waals surface area contributed by atoms with Crippen molar-refractivity contribution in [2.45, 2.75) is 35.2 Å². The number of pyridine rings is 2. The monoisotopic (exact) mass is 712 g/mol. The van der Waals surface area contributed by atoms with Crippen molar-refractivity contribution in [3.8, 4) is 0 Å². The summed E-state index contributed by atoms with van der Waals surface area (Å²) < 4.78 is 38.3. The largest absolute Gasteiger partial charge is 0.477 e. The van der Waals surface area contributed by atoms with Crippen molar-refractivity contribution in [3.05, 3.63) is 75.5 Å². The molecule has 5 heterocycles. The molecule has 0 bridgehead atoms. The van der Waals surface area contributed by atoms with Gasteiger partial charge in [0.15, 0.2) is 5.82 Å². The van der Waals surface area contributed by atoms with E-state index in [0.717, 1.165) is 15.9 Å². The molecule has 0 radical (unpaired) electrons. The van der Waals surface area contributed by atoms with Crippen LogP contribution in [0.15, 0.2) is 57.7 Å². The number of benzene rings is 1. The van der Waals surface area contributed by atoms with Crippen LogP contribution in [-0.4, -0.2) is 99.0 Å². The SMILES string of the molecule is O=C(CSc1ccncc1)NC1C(=O)N2C(C(=O)O)=C(COC(=O)c3cn(C4CC4)c4c(F)c(N5CCNCC5)c(F)cc4c3=O)CSC12. The molecule has 2 saturated heterocycles. The van der Waals surface area contributed by atoms with Gasteiger partial charge in [-0.1, -0.05) is 0 Å². The summed E-state index contributed by atoms with van der Waals surface area (Å²) in [4.78, 5) is 72.1. The Labute approximate surface area is 286 Å². The van der Waals surface area contributed by atoms with Crippen LogP contribution in [0, 0.1) is 11.6 Å². The highest BCUT2D eigenvalue weighted by molar-refractivity contribution is 8.00. The van der Waals surface area contributed by atoms with Crippen LogP contribution in [-0.2, 0) is 19.1 Å². The number of β-lactam (4-membered cyclic amide) rings is 1. The summed E-state index contributed by atoms with van der Waals surface area (Å²) in [6.45, 7) is 1.32. The smallest absolute Gasteiger partial charge is 0.352 e. The number of fused-ring (bicyclic) bond motifs is 2. The molecule has 3 aromatic rings. The number of halogens is 2. The van der Waals surface area contributed by atoms with E-state index in [0.29, 0.717) is 39.0 Å². The maximum Gasteiger partial charge on any atom is 0.352 e. The predicted molar refractivity (Wildman–Crippen MR) is 176 cm³/mol. The summed E-state index contributed by atoms with van der Waals surface area (Å²) >= 11 is 2.46. The zero-order valence-corrected chi connectivity index (χ0v) is 27.5. The highest BCUT2D eigenvalue weighted by Gasteiger charge is 2.54. The number of hydrogen-bond donors (Lipinski definition) is 3. The van der Waals surface area contributed by atoms with Gasteiger partial charge in [-0.25, -0.2) is 18.4 Å². The third kappa shape index (κ3) is 6.25. The van der Waals surface area contributed by atoms with Gasteiger partial charge >= 0.3 is 11.9 Å². The van der Waals surface area contributed by atoms with E-state index in [4.69, 9.17) is 4.74 Å². The van der Waals surface area contributed by atoms with Crippen LogP contribution in [0.2, 0.25) is 0 Å². The molecule has 0 spiro atoms. The van der Waals surface area contributed by atoms with E-state index in [-0.39, 0.29) is 45.4 Å². The van der Waals surface area contributed by atoms with Gasteiger partial charge in [-0.05, 0) is 31.0 Å². The molecule has 13 nitrogen and oxygen atoms in total. The average molecular weight is 713 g/mol. The third-order valence-corrected chi connectivity index (χ3v) is 11.1. The second-order valence-electron chi connectivity index (χ2n) is 11.9. The number of nitrogens with zero attached hydrogens (tertiary/aromatic N) is 4. The quantitative estimate of drug-likeness (QED) is 0.160. The molecule has 3 aliphatic heterocycles. The first-order valence-electron chi connectivity index (χ1n) is 15.6. The Balaban J connectivity index is 1.09. The molecule has 7 rings (SSSR count). The predicted octanol–water partition coefficient (Wildman–Crippen LogP) is 2.11. The van der Waals surface area contributed by atoms with Gasteiger partial charge in [0.2, 0.25) is 11.3 Å². The molecule has 4 aliphatic rings. The standard InChI is InChI=1S/C32H30F2N6O7S2/c33-21-11-19-26(23(34)27(21)38-9-7-36-8-10-38)39(17-1-2-17)12-20(28(19)42)32(46)47-13-16-14-49-30-24(29(43)40(30)25(16)31(44)45)37-22(41)15-48-18-3-5-35-6-4-18/h3-6,11-12,17,24,30,36H,1-2,7-10,13-15H2,(H,37,41)(H,44,45). The molecule has 1 aromatic carbocycles. The summed E-state index contributed by atoms with van der Waals surface area (Å²) in [5.74, 6) is -5.20. The molecule has 3 fully saturated rings. The Morgan fingerprint density at radius 3 is 2.57 bits per heavy atom. The van der Waals surface area contributed by atoms with Crippen molar-refractivity contribution in [1.82, 2.24) is 25.1 Å². The summed E-state index contributed by atoms with van der Waals surface area (Å²) in [6, 6.07) is 3.32. The van der Waals surface area contributed by atoms with Crippen molar-refractivity contribution in [2.75, 3.05) is 49.2 Å². The average Bonchev–Trinajstić information content (AvgIpc) is 3.95. The summed E-state index contributed by atoms with van der Waals surface area (Å²) in [7, 11) is 0. The lowest BCUT2D eigenvalue weighted by molar-refractivity contribution is -0.150. The second kappa shape index (κ2) is 13.4. The zero-order valence-electron chi connectivity index (χ0n) is 25.8. The molecule has 49 heavy (non-hydrogen) atoms. The van der Waals surface area contributed by atoms with Crippen molar-refractivity contribution in [1.29, 1.82) is 0 Å².